The molecule has 1 heterocycles. The van der Waals surface area contributed by atoms with E-state index in [0.29, 0.717) is 11.4 Å². The van der Waals surface area contributed by atoms with Crippen molar-refractivity contribution in [1.29, 1.82) is 0 Å². The van der Waals surface area contributed by atoms with Gasteiger partial charge in [-0.2, -0.15) is 4.98 Å². The highest BCUT2D eigenvalue weighted by molar-refractivity contribution is 5.60. The van der Waals surface area contributed by atoms with Gasteiger partial charge in [0.25, 0.3) is 0 Å². The predicted molar refractivity (Wildman–Crippen MR) is 58.7 cm³/mol. The van der Waals surface area contributed by atoms with Gasteiger partial charge in [0.05, 0.1) is 12.8 Å². The first-order chi connectivity index (χ1) is 8.10. The van der Waals surface area contributed by atoms with Gasteiger partial charge in [-0.15, -0.1) is 0 Å². The molecule has 3 nitrogen and oxygen atoms in total. The van der Waals surface area contributed by atoms with Crippen LogP contribution in [0.25, 0.3) is 11.3 Å². The first kappa shape index (κ1) is 11.4. The maximum absolute atomic E-state index is 13.6. The molecule has 1 aromatic heterocycles. The van der Waals surface area contributed by atoms with Crippen molar-refractivity contribution < 1.29 is 13.5 Å². The fraction of sp³-hybridized carbons (Fsp3) is 0.167. The summed E-state index contributed by atoms with van der Waals surface area (Å²) in [5.74, 6) is -1.28. The molecule has 17 heavy (non-hydrogen) atoms. The van der Waals surface area contributed by atoms with E-state index < -0.39 is 11.6 Å². The first-order valence-corrected chi connectivity index (χ1v) is 4.95. The third kappa shape index (κ3) is 2.38. The van der Waals surface area contributed by atoms with Crippen molar-refractivity contribution in [2.75, 3.05) is 7.11 Å². The molecule has 2 aromatic rings. The van der Waals surface area contributed by atoms with Gasteiger partial charge in [0, 0.05) is 17.3 Å². The van der Waals surface area contributed by atoms with E-state index >= 15 is 0 Å². The topological polar surface area (TPSA) is 35.0 Å². The number of nitrogens with zero attached hydrogens (tertiary/aromatic N) is 2. The van der Waals surface area contributed by atoms with Crippen LogP contribution in [-0.2, 0) is 0 Å². The Kier molecular flexibility index (Phi) is 2.99. The Morgan fingerprint density at radius 1 is 1.12 bits per heavy atom. The van der Waals surface area contributed by atoms with E-state index in [1.165, 1.54) is 19.2 Å². The first-order valence-electron chi connectivity index (χ1n) is 4.95. The molecule has 0 atom stereocenters. The predicted octanol–water partition coefficient (Wildman–Crippen LogP) is 2.74. The number of hydrogen-bond acceptors (Lipinski definition) is 3. The molecule has 2 rings (SSSR count). The molecule has 0 aliphatic heterocycles. The molecule has 5 heteroatoms. The number of rotatable bonds is 2. The molecular weight excluding hydrogens is 226 g/mol. The molecular formula is C12H10F2N2O. The van der Waals surface area contributed by atoms with Crippen molar-refractivity contribution in [2.45, 2.75) is 6.92 Å². The number of hydrogen-bond donors (Lipinski definition) is 0. The summed E-state index contributed by atoms with van der Waals surface area (Å²) in [6.07, 6.45) is 0. The molecule has 0 saturated carbocycles. The molecule has 88 valence electrons. The molecule has 0 aliphatic carbocycles. The van der Waals surface area contributed by atoms with Crippen molar-refractivity contribution in [2.24, 2.45) is 0 Å². The van der Waals surface area contributed by atoms with Gasteiger partial charge in [-0.1, -0.05) is 0 Å². The Morgan fingerprint density at radius 2 is 1.88 bits per heavy atom. The van der Waals surface area contributed by atoms with Crippen molar-refractivity contribution in [1.82, 2.24) is 9.97 Å². The minimum Gasteiger partial charge on any atom is -0.467 e. The van der Waals surface area contributed by atoms with Gasteiger partial charge >= 0.3 is 6.01 Å². The van der Waals surface area contributed by atoms with Crippen LogP contribution in [0.3, 0.4) is 0 Å². The standard InChI is InChI=1S/C12H10F2N2O/c1-7-5-11(16-12(15-7)17-2)9-4-3-8(13)6-10(9)14/h3-6H,1-2H3. The molecule has 1 aromatic carbocycles. The van der Waals surface area contributed by atoms with E-state index in [9.17, 15) is 8.78 Å². The molecule has 0 unspecified atom stereocenters. The normalized spacial score (nSPS) is 10.4. The van der Waals surface area contributed by atoms with Crippen molar-refractivity contribution in [3.63, 3.8) is 0 Å². The number of ether oxygens (including phenoxy) is 1. The monoisotopic (exact) mass is 236 g/mol. The minimum atomic E-state index is -0.662. The number of benzene rings is 1. The molecule has 0 fully saturated rings. The quantitative estimate of drug-likeness (QED) is 0.804. The Hall–Kier alpha value is -2.04. The number of halogens is 2. The summed E-state index contributed by atoms with van der Waals surface area (Å²) in [5, 5.41) is 0. The maximum Gasteiger partial charge on any atom is 0.316 e. The van der Waals surface area contributed by atoms with Crippen LogP contribution in [0.4, 0.5) is 8.78 Å². The third-order valence-corrected chi connectivity index (χ3v) is 2.22. The summed E-state index contributed by atoms with van der Waals surface area (Å²) in [6, 6.07) is 5.11. The minimum absolute atomic E-state index is 0.156. The second-order valence-electron chi connectivity index (χ2n) is 3.51. The summed E-state index contributed by atoms with van der Waals surface area (Å²) in [6.45, 7) is 1.75. The Labute approximate surface area is 97.1 Å². The number of methoxy groups -OCH3 is 1. The zero-order valence-electron chi connectivity index (χ0n) is 9.37. The van der Waals surface area contributed by atoms with Gasteiger partial charge in [-0.3, -0.25) is 0 Å². The van der Waals surface area contributed by atoms with Crippen LogP contribution >= 0.6 is 0 Å². The lowest BCUT2D eigenvalue weighted by Gasteiger charge is -2.05. The van der Waals surface area contributed by atoms with E-state index in [4.69, 9.17) is 4.74 Å². The fourth-order valence-corrected chi connectivity index (χ4v) is 1.47. The molecule has 0 bridgehead atoms. The SMILES string of the molecule is COc1nc(C)cc(-c2ccc(F)cc2F)n1. The van der Waals surface area contributed by atoms with Crippen molar-refractivity contribution in [3.05, 3.63) is 41.6 Å². The smallest absolute Gasteiger partial charge is 0.316 e. The average Bonchev–Trinajstić information content (AvgIpc) is 2.28. The summed E-state index contributed by atoms with van der Waals surface area (Å²) >= 11 is 0. The molecule has 0 aliphatic rings. The molecule has 0 amide bonds. The summed E-state index contributed by atoms with van der Waals surface area (Å²) in [7, 11) is 1.43. The molecule has 0 N–H and O–H groups in total. The summed E-state index contributed by atoms with van der Waals surface area (Å²) < 4.78 is 31.3. The van der Waals surface area contributed by atoms with Crippen molar-refractivity contribution in [3.8, 4) is 17.3 Å². The summed E-state index contributed by atoms with van der Waals surface area (Å²) in [5.41, 5.74) is 1.23. The van der Waals surface area contributed by atoms with E-state index in [2.05, 4.69) is 9.97 Å². The lowest BCUT2D eigenvalue weighted by atomic mass is 10.1. The van der Waals surface area contributed by atoms with Crippen LogP contribution < -0.4 is 4.74 Å². The second kappa shape index (κ2) is 4.45. The van der Waals surface area contributed by atoms with E-state index in [1.807, 2.05) is 0 Å². The van der Waals surface area contributed by atoms with Crippen LogP contribution in [0, 0.1) is 18.6 Å². The number of aryl methyl sites for hydroxylation is 1. The van der Waals surface area contributed by atoms with Gasteiger partial charge in [0.2, 0.25) is 0 Å². The Bertz CT molecular complexity index is 558. The van der Waals surface area contributed by atoms with Gasteiger partial charge in [0.1, 0.15) is 11.6 Å². The van der Waals surface area contributed by atoms with E-state index in [0.717, 1.165) is 6.07 Å². The fourth-order valence-electron chi connectivity index (χ4n) is 1.47. The lowest BCUT2D eigenvalue weighted by Crippen LogP contribution is -1.97. The van der Waals surface area contributed by atoms with Crippen LogP contribution in [0.5, 0.6) is 6.01 Å². The Morgan fingerprint density at radius 3 is 2.53 bits per heavy atom. The highest BCUT2D eigenvalue weighted by Crippen LogP contribution is 2.23. The van der Waals surface area contributed by atoms with Gasteiger partial charge in [0.15, 0.2) is 0 Å². The van der Waals surface area contributed by atoms with Gasteiger partial charge < -0.3 is 4.74 Å². The van der Waals surface area contributed by atoms with E-state index in [1.54, 1.807) is 13.0 Å². The van der Waals surface area contributed by atoms with Gasteiger partial charge in [-0.25, -0.2) is 13.8 Å². The van der Waals surface area contributed by atoms with Gasteiger partial charge in [-0.05, 0) is 25.1 Å². The molecule has 0 spiro atoms. The highest BCUT2D eigenvalue weighted by atomic mass is 19.1. The number of aromatic nitrogens is 2. The molecule has 0 saturated heterocycles. The highest BCUT2D eigenvalue weighted by Gasteiger charge is 2.10. The van der Waals surface area contributed by atoms with Crippen LogP contribution in [-0.4, -0.2) is 17.1 Å². The van der Waals surface area contributed by atoms with Crippen LogP contribution in [0.1, 0.15) is 5.69 Å². The Balaban J connectivity index is 2.55. The van der Waals surface area contributed by atoms with E-state index in [-0.39, 0.29) is 11.6 Å². The third-order valence-electron chi connectivity index (χ3n) is 2.22. The summed E-state index contributed by atoms with van der Waals surface area (Å²) in [4.78, 5) is 8.01. The average molecular weight is 236 g/mol. The van der Waals surface area contributed by atoms with Crippen LogP contribution in [0.15, 0.2) is 24.3 Å². The lowest BCUT2D eigenvalue weighted by molar-refractivity contribution is 0.379. The molecule has 0 radical (unpaired) electrons. The van der Waals surface area contributed by atoms with Crippen LogP contribution in [0.2, 0.25) is 0 Å². The maximum atomic E-state index is 13.6. The largest absolute Gasteiger partial charge is 0.467 e. The zero-order valence-corrected chi connectivity index (χ0v) is 9.37. The zero-order chi connectivity index (χ0) is 12.4. The second-order valence-corrected chi connectivity index (χ2v) is 3.51. The van der Waals surface area contributed by atoms with Crippen molar-refractivity contribution >= 4 is 0 Å².